The van der Waals surface area contributed by atoms with Crippen LogP contribution in [0.15, 0.2) is 24.3 Å². The average Bonchev–Trinajstić information content (AvgIpc) is 2.28. The topological polar surface area (TPSA) is 21.3 Å². The standard InChI is InChI=1S/C16H27NO/c1-5-17-15(11-13(2)3)9-10-18-16-8-6-7-14(4)12-16/h6-8,12-13,15,17H,5,9-11H2,1-4H3. The van der Waals surface area contributed by atoms with Crippen molar-refractivity contribution in [3.05, 3.63) is 29.8 Å². The van der Waals surface area contributed by atoms with Crippen molar-refractivity contribution in [2.75, 3.05) is 13.2 Å². The van der Waals surface area contributed by atoms with Gasteiger partial charge in [0.15, 0.2) is 0 Å². The lowest BCUT2D eigenvalue weighted by Gasteiger charge is -2.20. The lowest BCUT2D eigenvalue weighted by Crippen LogP contribution is -2.31. The molecule has 102 valence electrons. The molecule has 0 bridgehead atoms. The summed E-state index contributed by atoms with van der Waals surface area (Å²) in [5.41, 5.74) is 1.25. The fourth-order valence-corrected chi connectivity index (χ4v) is 2.19. The van der Waals surface area contributed by atoms with E-state index in [4.69, 9.17) is 4.74 Å². The van der Waals surface area contributed by atoms with Gasteiger partial charge in [0.1, 0.15) is 5.75 Å². The van der Waals surface area contributed by atoms with E-state index in [1.54, 1.807) is 0 Å². The predicted molar refractivity (Wildman–Crippen MR) is 78.2 cm³/mol. The molecule has 0 spiro atoms. The number of hydrogen-bond acceptors (Lipinski definition) is 2. The molecule has 1 rings (SSSR count). The Labute approximate surface area is 112 Å². The zero-order chi connectivity index (χ0) is 13.4. The highest BCUT2D eigenvalue weighted by atomic mass is 16.5. The maximum absolute atomic E-state index is 5.81. The molecule has 0 saturated carbocycles. The molecule has 0 amide bonds. The molecule has 0 saturated heterocycles. The highest BCUT2D eigenvalue weighted by Crippen LogP contribution is 2.14. The molecule has 1 atom stereocenters. The minimum atomic E-state index is 0.569. The SMILES string of the molecule is CCNC(CCOc1cccc(C)c1)CC(C)C. The molecule has 1 N–H and O–H groups in total. The zero-order valence-electron chi connectivity index (χ0n) is 12.2. The van der Waals surface area contributed by atoms with Crippen LogP contribution < -0.4 is 10.1 Å². The van der Waals surface area contributed by atoms with E-state index in [1.807, 2.05) is 12.1 Å². The molecule has 2 heteroatoms. The van der Waals surface area contributed by atoms with E-state index in [-0.39, 0.29) is 0 Å². The van der Waals surface area contributed by atoms with Crippen LogP contribution in [0.5, 0.6) is 5.75 Å². The number of benzene rings is 1. The summed E-state index contributed by atoms with van der Waals surface area (Å²) in [5.74, 6) is 1.71. The second-order valence-corrected chi connectivity index (χ2v) is 5.34. The largest absolute Gasteiger partial charge is 0.494 e. The maximum atomic E-state index is 5.81. The first-order chi connectivity index (χ1) is 8.61. The Morgan fingerprint density at radius 3 is 2.67 bits per heavy atom. The fraction of sp³-hybridized carbons (Fsp3) is 0.625. The molecule has 0 aliphatic carbocycles. The summed E-state index contributed by atoms with van der Waals surface area (Å²) in [6.07, 6.45) is 2.28. The highest BCUT2D eigenvalue weighted by Gasteiger charge is 2.09. The molecule has 0 radical (unpaired) electrons. The van der Waals surface area contributed by atoms with E-state index in [0.717, 1.165) is 31.2 Å². The summed E-state index contributed by atoms with van der Waals surface area (Å²) < 4.78 is 5.81. The van der Waals surface area contributed by atoms with Gasteiger partial charge in [-0.1, -0.05) is 32.9 Å². The monoisotopic (exact) mass is 249 g/mol. The smallest absolute Gasteiger partial charge is 0.119 e. The van der Waals surface area contributed by atoms with Gasteiger partial charge < -0.3 is 10.1 Å². The molecule has 1 aromatic carbocycles. The van der Waals surface area contributed by atoms with E-state index < -0.39 is 0 Å². The van der Waals surface area contributed by atoms with E-state index >= 15 is 0 Å². The van der Waals surface area contributed by atoms with Crippen LogP contribution in [0.3, 0.4) is 0 Å². The molecular formula is C16H27NO. The van der Waals surface area contributed by atoms with Crippen LogP contribution in [0.4, 0.5) is 0 Å². The second kappa shape index (κ2) is 8.15. The van der Waals surface area contributed by atoms with Crippen LogP contribution in [-0.2, 0) is 0 Å². The van der Waals surface area contributed by atoms with E-state index in [9.17, 15) is 0 Å². The van der Waals surface area contributed by atoms with Crippen LogP contribution in [0.25, 0.3) is 0 Å². The minimum Gasteiger partial charge on any atom is -0.494 e. The van der Waals surface area contributed by atoms with Gasteiger partial charge >= 0.3 is 0 Å². The van der Waals surface area contributed by atoms with Gasteiger partial charge in [0.05, 0.1) is 6.61 Å². The van der Waals surface area contributed by atoms with Crippen LogP contribution in [0, 0.1) is 12.8 Å². The van der Waals surface area contributed by atoms with Gasteiger partial charge in [0.2, 0.25) is 0 Å². The summed E-state index contributed by atoms with van der Waals surface area (Å²) in [6, 6.07) is 8.82. The highest BCUT2D eigenvalue weighted by molar-refractivity contribution is 5.27. The normalized spacial score (nSPS) is 12.7. The Morgan fingerprint density at radius 2 is 2.06 bits per heavy atom. The summed E-state index contributed by atoms with van der Waals surface area (Å²) in [7, 11) is 0. The number of aryl methyl sites for hydroxylation is 1. The summed E-state index contributed by atoms with van der Waals surface area (Å²) in [4.78, 5) is 0. The Bertz CT molecular complexity index is 336. The van der Waals surface area contributed by atoms with E-state index in [0.29, 0.717) is 6.04 Å². The van der Waals surface area contributed by atoms with Crippen molar-refractivity contribution >= 4 is 0 Å². The predicted octanol–water partition coefficient (Wildman–Crippen LogP) is 3.79. The number of hydrogen-bond donors (Lipinski definition) is 1. The molecule has 2 nitrogen and oxygen atoms in total. The van der Waals surface area contributed by atoms with Crippen molar-refractivity contribution in [2.24, 2.45) is 5.92 Å². The van der Waals surface area contributed by atoms with Gasteiger partial charge in [-0.05, 0) is 49.9 Å². The number of ether oxygens (including phenoxy) is 1. The van der Waals surface area contributed by atoms with Crippen molar-refractivity contribution in [2.45, 2.75) is 46.6 Å². The first-order valence-corrected chi connectivity index (χ1v) is 7.04. The third-order valence-electron chi connectivity index (χ3n) is 2.97. The second-order valence-electron chi connectivity index (χ2n) is 5.34. The Hall–Kier alpha value is -1.02. The minimum absolute atomic E-state index is 0.569. The van der Waals surface area contributed by atoms with E-state index in [2.05, 4.69) is 45.1 Å². The Balaban J connectivity index is 2.33. The maximum Gasteiger partial charge on any atom is 0.119 e. The molecular weight excluding hydrogens is 222 g/mol. The average molecular weight is 249 g/mol. The van der Waals surface area contributed by atoms with E-state index in [1.165, 1.54) is 12.0 Å². The molecule has 18 heavy (non-hydrogen) atoms. The molecule has 1 aromatic rings. The van der Waals surface area contributed by atoms with Crippen LogP contribution in [0.2, 0.25) is 0 Å². The van der Waals surface area contributed by atoms with Gasteiger partial charge in [0.25, 0.3) is 0 Å². The Kier molecular flexibility index (Phi) is 6.81. The zero-order valence-corrected chi connectivity index (χ0v) is 12.2. The van der Waals surface area contributed by atoms with Crippen molar-refractivity contribution in [3.8, 4) is 5.75 Å². The van der Waals surface area contributed by atoms with Crippen LogP contribution in [-0.4, -0.2) is 19.2 Å². The summed E-state index contributed by atoms with van der Waals surface area (Å²) in [5, 5.41) is 3.53. The number of rotatable bonds is 8. The third kappa shape index (κ3) is 6.06. The van der Waals surface area contributed by atoms with Crippen molar-refractivity contribution in [3.63, 3.8) is 0 Å². The lowest BCUT2D eigenvalue weighted by atomic mass is 10.0. The number of nitrogens with one attached hydrogen (secondary N) is 1. The van der Waals surface area contributed by atoms with Gasteiger partial charge in [0, 0.05) is 6.04 Å². The van der Waals surface area contributed by atoms with Crippen molar-refractivity contribution in [1.82, 2.24) is 5.32 Å². The van der Waals surface area contributed by atoms with Gasteiger partial charge in [-0.25, -0.2) is 0 Å². The summed E-state index contributed by atoms with van der Waals surface area (Å²) >= 11 is 0. The first-order valence-electron chi connectivity index (χ1n) is 7.04. The van der Waals surface area contributed by atoms with Crippen LogP contribution in [0.1, 0.15) is 39.2 Å². The molecule has 0 heterocycles. The van der Waals surface area contributed by atoms with Crippen molar-refractivity contribution in [1.29, 1.82) is 0 Å². The first kappa shape index (κ1) is 15.0. The quantitative estimate of drug-likeness (QED) is 0.757. The van der Waals surface area contributed by atoms with Gasteiger partial charge in [-0.3, -0.25) is 0 Å². The summed E-state index contributed by atoms with van der Waals surface area (Å²) in [6.45, 7) is 10.6. The molecule has 0 aliphatic rings. The third-order valence-corrected chi connectivity index (χ3v) is 2.97. The van der Waals surface area contributed by atoms with Crippen molar-refractivity contribution < 1.29 is 4.74 Å². The van der Waals surface area contributed by atoms with Gasteiger partial charge in [-0.15, -0.1) is 0 Å². The Morgan fingerprint density at radius 1 is 1.28 bits per heavy atom. The lowest BCUT2D eigenvalue weighted by molar-refractivity contribution is 0.273. The molecule has 0 fully saturated rings. The fourth-order valence-electron chi connectivity index (χ4n) is 2.19. The van der Waals surface area contributed by atoms with Gasteiger partial charge in [-0.2, -0.15) is 0 Å². The molecule has 1 unspecified atom stereocenters. The van der Waals surface area contributed by atoms with Crippen LogP contribution >= 0.6 is 0 Å². The molecule has 0 aromatic heterocycles. The molecule has 0 aliphatic heterocycles.